The first-order valence-electron chi connectivity index (χ1n) is 12.4. The highest BCUT2D eigenvalue weighted by Crippen LogP contribution is 2.40. The summed E-state index contributed by atoms with van der Waals surface area (Å²) in [5, 5.41) is 0. The Hall–Kier alpha value is -3.01. The van der Waals surface area contributed by atoms with Gasteiger partial charge in [-0.2, -0.15) is 0 Å². The van der Waals surface area contributed by atoms with Gasteiger partial charge < -0.3 is 9.53 Å². The molecular weight excluding hydrogens is 436 g/mol. The van der Waals surface area contributed by atoms with Crippen LogP contribution in [0, 0.1) is 5.41 Å². The van der Waals surface area contributed by atoms with Crippen molar-refractivity contribution in [2.45, 2.75) is 87.2 Å². The van der Waals surface area contributed by atoms with Crippen LogP contribution in [-0.4, -0.2) is 23.6 Å². The first-order valence-corrected chi connectivity index (χ1v) is 12.4. The maximum atomic E-state index is 12.9. The van der Waals surface area contributed by atoms with E-state index < -0.39 is 12.1 Å². The zero-order valence-corrected chi connectivity index (χ0v) is 22.7. The normalized spacial score (nSPS) is 19.9. The summed E-state index contributed by atoms with van der Waals surface area (Å²) < 4.78 is 5.43. The van der Waals surface area contributed by atoms with E-state index in [1.54, 1.807) is 6.92 Å². The van der Waals surface area contributed by atoms with Crippen LogP contribution in [0.1, 0.15) is 81.1 Å². The Bertz CT molecular complexity index is 1010. The van der Waals surface area contributed by atoms with Crippen LogP contribution in [0.3, 0.4) is 0 Å². The minimum absolute atomic E-state index is 0.00704. The van der Waals surface area contributed by atoms with E-state index in [-0.39, 0.29) is 29.8 Å². The molecule has 0 amide bonds. The monoisotopic (exact) mass is 478 g/mol. The maximum absolute atomic E-state index is 12.9. The van der Waals surface area contributed by atoms with Crippen molar-refractivity contribution in [3.05, 3.63) is 82.5 Å². The molecule has 0 radical (unpaired) electrons. The molecule has 0 saturated carbocycles. The molecule has 35 heavy (non-hydrogen) atoms. The lowest BCUT2D eigenvalue weighted by molar-refractivity contribution is -0.156. The molecule has 1 aliphatic rings. The molecule has 0 bridgehead atoms. The average Bonchev–Trinajstić information content (AvgIpc) is 2.78. The molecule has 190 valence electrons. The molecule has 0 heterocycles. The van der Waals surface area contributed by atoms with Crippen molar-refractivity contribution >= 4 is 17.5 Å². The molecule has 0 aromatic carbocycles. The molecule has 1 unspecified atom stereocenters. The van der Waals surface area contributed by atoms with E-state index in [0.29, 0.717) is 12.0 Å². The van der Waals surface area contributed by atoms with Gasteiger partial charge in [-0.15, -0.1) is 0 Å². The Morgan fingerprint density at radius 1 is 0.943 bits per heavy atom. The Morgan fingerprint density at radius 2 is 1.54 bits per heavy atom. The molecule has 0 saturated heterocycles. The third-order valence-corrected chi connectivity index (χ3v) is 6.09. The molecule has 0 fully saturated rings. The Kier molecular flexibility index (Phi) is 12.4. The van der Waals surface area contributed by atoms with Crippen LogP contribution in [0.4, 0.5) is 0 Å². The van der Waals surface area contributed by atoms with Gasteiger partial charge in [-0.1, -0.05) is 92.2 Å². The number of ketones is 2. The first kappa shape index (κ1) is 30.0. The summed E-state index contributed by atoms with van der Waals surface area (Å²) in [5.41, 5.74) is 4.80. The fourth-order valence-electron chi connectivity index (χ4n) is 3.71. The molecule has 4 heteroatoms. The largest absolute Gasteiger partial charge is 0.454 e. The number of Topliss-reactive ketones (excluding diaryl/α,β-unsaturated/α-hetero) is 2. The molecule has 4 nitrogen and oxygen atoms in total. The topological polar surface area (TPSA) is 60.4 Å². The lowest BCUT2D eigenvalue weighted by Gasteiger charge is -2.36. The van der Waals surface area contributed by atoms with E-state index in [2.05, 4.69) is 58.9 Å². The summed E-state index contributed by atoms with van der Waals surface area (Å²) in [7, 11) is 0. The molecule has 0 aromatic rings. The second-order valence-corrected chi connectivity index (χ2v) is 9.94. The molecule has 1 aliphatic carbocycles. The summed E-state index contributed by atoms with van der Waals surface area (Å²) >= 11 is 0. The van der Waals surface area contributed by atoms with Crippen LogP contribution in [0.15, 0.2) is 82.5 Å². The number of rotatable bonds is 11. The molecule has 0 N–H and O–H groups in total. The maximum Gasteiger partial charge on any atom is 0.306 e. The zero-order valence-electron chi connectivity index (χ0n) is 22.7. The van der Waals surface area contributed by atoms with E-state index >= 15 is 0 Å². The number of carbonyl (C=O) groups is 3. The van der Waals surface area contributed by atoms with Crippen LogP contribution in [0.5, 0.6) is 0 Å². The van der Waals surface area contributed by atoms with E-state index in [1.165, 1.54) is 12.5 Å². The minimum atomic E-state index is -0.800. The SMILES string of the molecule is CC/C(C)=C/C=C/C=C(C)/C=C/C=C(C)/C=C/C1=C(C)C(=O)C(OC(=O)CCC(C)=O)CC1(C)C. The average molecular weight is 479 g/mol. The zero-order chi connectivity index (χ0) is 26.6. The van der Waals surface area contributed by atoms with E-state index in [0.717, 1.165) is 23.1 Å². The summed E-state index contributed by atoms with van der Waals surface area (Å²) in [6.45, 7) is 15.7. The highest BCUT2D eigenvalue weighted by molar-refractivity contribution is 6.01. The second-order valence-electron chi connectivity index (χ2n) is 9.94. The molecule has 0 spiro atoms. The molecule has 1 atom stereocenters. The number of ether oxygens (including phenoxy) is 1. The summed E-state index contributed by atoms with van der Waals surface area (Å²) in [5.74, 6) is -0.740. The van der Waals surface area contributed by atoms with Gasteiger partial charge in [0.05, 0.1) is 6.42 Å². The van der Waals surface area contributed by atoms with Gasteiger partial charge in [0.2, 0.25) is 0 Å². The smallest absolute Gasteiger partial charge is 0.306 e. The number of allylic oxidation sites excluding steroid dienone is 13. The van der Waals surface area contributed by atoms with Crippen LogP contribution in [-0.2, 0) is 19.1 Å². The number of hydrogen-bond acceptors (Lipinski definition) is 4. The van der Waals surface area contributed by atoms with Crippen molar-refractivity contribution in [2.75, 3.05) is 0 Å². The van der Waals surface area contributed by atoms with Crippen LogP contribution >= 0.6 is 0 Å². The molecule has 1 rings (SSSR count). The Balaban J connectivity index is 2.88. The van der Waals surface area contributed by atoms with E-state index in [1.807, 2.05) is 37.3 Å². The van der Waals surface area contributed by atoms with Crippen molar-refractivity contribution in [3.8, 4) is 0 Å². The van der Waals surface area contributed by atoms with Gasteiger partial charge in [-0.05, 0) is 57.6 Å². The fraction of sp³-hybridized carbons (Fsp3) is 0.452. The van der Waals surface area contributed by atoms with Crippen molar-refractivity contribution in [3.63, 3.8) is 0 Å². The van der Waals surface area contributed by atoms with Gasteiger partial charge in [-0.25, -0.2) is 0 Å². The van der Waals surface area contributed by atoms with Crippen molar-refractivity contribution in [1.82, 2.24) is 0 Å². The van der Waals surface area contributed by atoms with Gasteiger partial charge in [0.25, 0.3) is 0 Å². The number of hydrogen-bond donors (Lipinski definition) is 0. The predicted octanol–water partition coefficient (Wildman–Crippen LogP) is 7.50. The summed E-state index contributed by atoms with van der Waals surface area (Å²) in [6, 6.07) is 0. The lowest BCUT2D eigenvalue weighted by atomic mass is 9.71. The van der Waals surface area contributed by atoms with Gasteiger partial charge in [0.15, 0.2) is 11.9 Å². The van der Waals surface area contributed by atoms with Gasteiger partial charge in [0.1, 0.15) is 5.78 Å². The van der Waals surface area contributed by atoms with Crippen LogP contribution in [0.25, 0.3) is 0 Å². The van der Waals surface area contributed by atoms with Crippen LogP contribution < -0.4 is 0 Å². The number of carbonyl (C=O) groups excluding carboxylic acids is 3. The summed E-state index contributed by atoms with van der Waals surface area (Å²) in [4.78, 5) is 36.0. The van der Waals surface area contributed by atoms with E-state index in [4.69, 9.17) is 4.74 Å². The van der Waals surface area contributed by atoms with Gasteiger partial charge in [0, 0.05) is 12.8 Å². The third kappa shape index (κ3) is 10.9. The quantitative estimate of drug-likeness (QED) is 0.228. The van der Waals surface area contributed by atoms with Crippen LogP contribution in [0.2, 0.25) is 0 Å². The van der Waals surface area contributed by atoms with Gasteiger partial charge >= 0.3 is 5.97 Å². The first-order chi connectivity index (χ1) is 16.4. The fourth-order valence-corrected chi connectivity index (χ4v) is 3.71. The second kappa shape index (κ2) is 14.4. The minimum Gasteiger partial charge on any atom is -0.454 e. The van der Waals surface area contributed by atoms with Crippen molar-refractivity contribution < 1.29 is 19.1 Å². The molecule has 0 aromatic heterocycles. The van der Waals surface area contributed by atoms with Crippen molar-refractivity contribution in [2.24, 2.45) is 5.41 Å². The number of esters is 1. The predicted molar refractivity (Wildman–Crippen MR) is 145 cm³/mol. The Morgan fingerprint density at radius 3 is 2.17 bits per heavy atom. The van der Waals surface area contributed by atoms with Crippen molar-refractivity contribution in [1.29, 1.82) is 0 Å². The van der Waals surface area contributed by atoms with E-state index in [9.17, 15) is 14.4 Å². The van der Waals surface area contributed by atoms with Gasteiger partial charge in [-0.3, -0.25) is 9.59 Å². The lowest BCUT2D eigenvalue weighted by Crippen LogP contribution is -2.39. The third-order valence-electron chi connectivity index (χ3n) is 6.09. The standard InChI is InChI=1S/C31H42O4/c1-9-22(2)13-10-11-14-23(3)15-12-16-24(4)17-19-27-26(6)30(34)28(21-31(27,7)8)35-29(33)20-18-25(5)32/h10-17,19,28H,9,18,20-21H2,1-8H3/b11-10+,15-12+,19-17+,22-13+,23-14+,24-16+. The molecule has 0 aliphatic heterocycles. The summed E-state index contributed by atoms with van der Waals surface area (Å²) in [6.07, 6.45) is 19.2. The highest BCUT2D eigenvalue weighted by atomic mass is 16.5. The highest BCUT2D eigenvalue weighted by Gasteiger charge is 2.39. The molecular formula is C31H42O4. The Labute approximate surface area is 211 Å².